The van der Waals surface area contributed by atoms with Gasteiger partial charge >= 0.3 is 0 Å². The molecular weight excluding hydrogens is 269 g/mol. The number of anilines is 1. The van der Waals surface area contributed by atoms with Gasteiger partial charge in [-0.05, 0) is 37.5 Å². The van der Waals surface area contributed by atoms with Crippen LogP contribution < -0.4 is 9.64 Å². The predicted molar refractivity (Wildman–Crippen MR) is 78.9 cm³/mol. The Morgan fingerprint density at radius 2 is 2.00 bits per heavy atom. The van der Waals surface area contributed by atoms with Gasteiger partial charge in [-0.3, -0.25) is 0 Å². The van der Waals surface area contributed by atoms with E-state index in [-0.39, 0.29) is 5.82 Å². The zero-order valence-electron chi connectivity index (χ0n) is 12.1. The van der Waals surface area contributed by atoms with E-state index >= 15 is 0 Å². The number of rotatable bonds is 4. The zero-order valence-corrected chi connectivity index (χ0v) is 12.1. The lowest BCUT2D eigenvalue weighted by atomic mass is 10.2. The molecule has 1 aromatic heterocycles. The van der Waals surface area contributed by atoms with E-state index in [0.717, 1.165) is 30.3 Å². The van der Waals surface area contributed by atoms with Crippen LogP contribution in [0.15, 0.2) is 30.3 Å². The maximum absolute atomic E-state index is 13.1. The smallest absolute Gasteiger partial charge is 0.228 e. The molecule has 0 aliphatic carbocycles. The van der Waals surface area contributed by atoms with Crippen LogP contribution in [0.4, 0.5) is 10.3 Å². The molecule has 1 aliphatic rings. The molecule has 0 saturated carbocycles. The normalized spacial score (nSPS) is 14.5. The minimum absolute atomic E-state index is 0.257. The summed E-state index contributed by atoms with van der Waals surface area (Å²) in [6, 6.07) is 8.20. The highest BCUT2D eigenvalue weighted by atomic mass is 19.1. The van der Waals surface area contributed by atoms with Gasteiger partial charge in [0.05, 0.1) is 0 Å². The summed E-state index contributed by atoms with van der Waals surface area (Å²) in [5, 5.41) is 0. The molecule has 0 radical (unpaired) electrons. The number of hydrogen-bond acceptors (Lipinski definition) is 4. The van der Waals surface area contributed by atoms with Crippen molar-refractivity contribution in [1.29, 1.82) is 0 Å². The van der Waals surface area contributed by atoms with Crippen molar-refractivity contribution < 1.29 is 9.13 Å². The number of ether oxygens (including phenoxy) is 1. The van der Waals surface area contributed by atoms with Crippen LogP contribution >= 0.6 is 0 Å². The topological polar surface area (TPSA) is 38.2 Å². The van der Waals surface area contributed by atoms with Crippen LogP contribution in [0.2, 0.25) is 0 Å². The fraction of sp³-hybridized carbons (Fsp3) is 0.375. The van der Waals surface area contributed by atoms with Crippen LogP contribution in [-0.2, 0) is 6.61 Å². The summed E-state index contributed by atoms with van der Waals surface area (Å²) in [6.45, 7) is 4.21. The first-order chi connectivity index (χ1) is 10.2. The van der Waals surface area contributed by atoms with Gasteiger partial charge in [-0.25, -0.2) is 9.37 Å². The minimum atomic E-state index is -0.257. The van der Waals surface area contributed by atoms with E-state index in [1.165, 1.54) is 25.0 Å². The van der Waals surface area contributed by atoms with E-state index in [4.69, 9.17) is 4.74 Å². The molecule has 0 amide bonds. The van der Waals surface area contributed by atoms with E-state index in [9.17, 15) is 4.39 Å². The Kier molecular flexibility index (Phi) is 3.99. The first kappa shape index (κ1) is 13.8. The van der Waals surface area contributed by atoms with Crippen LogP contribution in [0.1, 0.15) is 24.1 Å². The van der Waals surface area contributed by atoms with E-state index in [1.807, 2.05) is 13.0 Å². The van der Waals surface area contributed by atoms with Gasteiger partial charge in [-0.2, -0.15) is 4.98 Å². The van der Waals surface area contributed by atoms with Crippen LogP contribution in [-0.4, -0.2) is 23.1 Å². The van der Waals surface area contributed by atoms with Gasteiger partial charge in [-0.15, -0.1) is 0 Å². The van der Waals surface area contributed by atoms with Crippen molar-refractivity contribution in [3.8, 4) is 5.88 Å². The molecule has 110 valence electrons. The fourth-order valence-electron chi connectivity index (χ4n) is 2.44. The molecule has 1 saturated heterocycles. The zero-order chi connectivity index (χ0) is 14.7. The van der Waals surface area contributed by atoms with Crippen LogP contribution in [0.3, 0.4) is 0 Å². The van der Waals surface area contributed by atoms with E-state index < -0.39 is 0 Å². The first-order valence-corrected chi connectivity index (χ1v) is 7.18. The quantitative estimate of drug-likeness (QED) is 0.866. The number of nitrogens with zero attached hydrogens (tertiary/aromatic N) is 3. The molecule has 0 N–H and O–H groups in total. The molecular formula is C16H18FN3O. The maximum Gasteiger partial charge on any atom is 0.228 e. The van der Waals surface area contributed by atoms with Gasteiger partial charge in [0, 0.05) is 24.8 Å². The van der Waals surface area contributed by atoms with Crippen LogP contribution in [0.5, 0.6) is 5.88 Å². The standard InChI is InChI=1S/C16H18FN3O/c1-12-9-15(19-16(18-12)20-7-2-3-8-20)21-11-13-5-4-6-14(17)10-13/h4-6,9-10H,2-3,7-8,11H2,1H3. The fourth-order valence-corrected chi connectivity index (χ4v) is 2.44. The highest BCUT2D eigenvalue weighted by Crippen LogP contribution is 2.20. The monoisotopic (exact) mass is 287 g/mol. The molecule has 5 heteroatoms. The molecule has 21 heavy (non-hydrogen) atoms. The summed E-state index contributed by atoms with van der Waals surface area (Å²) in [5.41, 5.74) is 1.66. The Morgan fingerprint density at radius 3 is 2.76 bits per heavy atom. The molecule has 1 fully saturated rings. The summed E-state index contributed by atoms with van der Waals surface area (Å²) in [5.74, 6) is 1.00. The highest BCUT2D eigenvalue weighted by Gasteiger charge is 2.16. The Hall–Kier alpha value is -2.17. The Balaban J connectivity index is 1.72. The Morgan fingerprint density at radius 1 is 1.19 bits per heavy atom. The molecule has 2 heterocycles. The third kappa shape index (κ3) is 3.48. The number of aryl methyl sites for hydroxylation is 1. The lowest BCUT2D eigenvalue weighted by Gasteiger charge is -2.16. The van der Waals surface area contributed by atoms with E-state index in [2.05, 4.69) is 14.9 Å². The highest BCUT2D eigenvalue weighted by molar-refractivity contribution is 5.35. The van der Waals surface area contributed by atoms with Gasteiger partial charge in [0.25, 0.3) is 0 Å². The van der Waals surface area contributed by atoms with Crippen molar-refractivity contribution >= 4 is 5.95 Å². The molecule has 4 nitrogen and oxygen atoms in total. The minimum Gasteiger partial charge on any atom is -0.473 e. The van der Waals surface area contributed by atoms with E-state index in [1.54, 1.807) is 12.1 Å². The molecule has 1 aliphatic heterocycles. The summed E-state index contributed by atoms with van der Waals surface area (Å²) in [4.78, 5) is 11.1. The van der Waals surface area contributed by atoms with Gasteiger partial charge in [0.15, 0.2) is 0 Å². The molecule has 0 unspecified atom stereocenters. The number of benzene rings is 1. The van der Waals surface area contributed by atoms with Gasteiger partial charge < -0.3 is 9.64 Å². The molecule has 1 aromatic carbocycles. The molecule has 0 bridgehead atoms. The summed E-state index contributed by atoms with van der Waals surface area (Å²) < 4.78 is 18.8. The van der Waals surface area contributed by atoms with Crippen LogP contribution in [0, 0.1) is 12.7 Å². The van der Waals surface area contributed by atoms with E-state index in [0.29, 0.717) is 12.5 Å². The summed E-state index contributed by atoms with van der Waals surface area (Å²) >= 11 is 0. The predicted octanol–water partition coefficient (Wildman–Crippen LogP) is 3.10. The Bertz CT molecular complexity index is 627. The lowest BCUT2D eigenvalue weighted by Crippen LogP contribution is -2.21. The summed E-state index contributed by atoms with van der Waals surface area (Å²) in [7, 11) is 0. The van der Waals surface area contributed by atoms with Crippen molar-refractivity contribution in [2.45, 2.75) is 26.4 Å². The lowest BCUT2D eigenvalue weighted by molar-refractivity contribution is 0.292. The average molecular weight is 287 g/mol. The average Bonchev–Trinajstić information content (AvgIpc) is 2.99. The van der Waals surface area contributed by atoms with Crippen LogP contribution in [0.25, 0.3) is 0 Å². The Labute approximate surface area is 123 Å². The summed E-state index contributed by atoms with van der Waals surface area (Å²) in [6.07, 6.45) is 2.35. The maximum atomic E-state index is 13.1. The number of hydrogen-bond donors (Lipinski definition) is 0. The van der Waals surface area contributed by atoms with Gasteiger partial charge in [0.2, 0.25) is 11.8 Å². The largest absolute Gasteiger partial charge is 0.473 e. The van der Waals surface area contributed by atoms with Crippen molar-refractivity contribution in [3.63, 3.8) is 0 Å². The van der Waals surface area contributed by atoms with Gasteiger partial charge in [0.1, 0.15) is 12.4 Å². The molecule has 0 spiro atoms. The van der Waals surface area contributed by atoms with Crippen molar-refractivity contribution in [1.82, 2.24) is 9.97 Å². The van der Waals surface area contributed by atoms with Gasteiger partial charge in [-0.1, -0.05) is 12.1 Å². The third-order valence-corrected chi connectivity index (χ3v) is 3.48. The number of aromatic nitrogens is 2. The SMILES string of the molecule is Cc1cc(OCc2cccc(F)c2)nc(N2CCCC2)n1. The van der Waals surface area contributed by atoms with Crippen molar-refractivity contribution in [3.05, 3.63) is 47.4 Å². The third-order valence-electron chi connectivity index (χ3n) is 3.48. The molecule has 3 rings (SSSR count). The second-order valence-corrected chi connectivity index (χ2v) is 5.26. The molecule has 2 aromatic rings. The second kappa shape index (κ2) is 6.08. The number of halogens is 1. The van der Waals surface area contributed by atoms with Crippen molar-refractivity contribution in [2.24, 2.45) is 0 Å². The second-order valence-electron chi connectivity index (χ2n) is 5.26. The molecule has 0 atom stereocenters. The first-order valence-electron chi connectivity index (χ1n) is 7.18. The van der Waals surface area contributed by atoms with Crippen molar-refractivity contribution in [2.75, 3.05) is 18.0 Å².